The summed E-state index contributed by atoms with van der Waals surface area (Å²) >= 11 is 0. The number of nitrogens with two attached hydrogens (primary N) is 1. The number of methoxy groups -OCH3 is 1. The highest BCUT2D eigenvalue weighted by atomic mass is 19.1. The number of halogens is 3. The van der Waals surface area contributed by atoms with Crippen LogP contribution in [0.25, 0.3) is 0 Å². The zero-order valence-electron chi connectivity index (χ0n) is 17.9. The summed E-state index contributed by atoms with van der Waals surface area (Å²) in [5.74, 6) is -2.03. The Kier molecular flexibility index (Phi) is 6.39. The van der Waals surface area contributed by atoms with Crippen LogP contribution in [0.5, 0.6) is 17.2 Å². The summed E-state index contributed by atoms with van der Waals surface area (Å²) in [7, 11) is 1.55. The molecule has 3 aromatic rings. The second kappa shape index (κ2) is 9.40. The van der Waals surface area contributed by atoms with Crippen molar-refractivity contribution in [3.05, 3.63) is 77.2 Å². The van der Waals surface area contributed by atoms with Gasteiger partial charge in [0.05, 0.1) is 12.7 Å². The van der Waals surface area contributed by atoms with Gasteiger partial charge in [-0.05, 0) is 49.1 Å². The summed E-state index contributed by atoms with van der Waals surface area (Å²) in [6, 6.07) is 8.17. The van der Waals surface area contributed by atoms with Crippen LogP contribution in [-0.2, 0) is 0 Å². The largest absolute Gasteiger partial charge is 0.496 e. The fraction of sp³-hybridized carbons (Fsp3) is 0.250. The summed E-state index contributed by atoms with van der Waals surface area (Å²) < 4.78 is 52.9. The van der Waals surface area contributed by atoms with Crippen molar-refractivity contribution in [3.63, 3.8) is 0 Å². The molecule has 6 nitrogen and oxygen atoms in total. The third-order valence-electron chi connectivity index (χ3n) is 5.65. The average molecular weight is 457 g/mol. The van der Waals surface area contributed by atoms with Crippen LogP contribution in [0.1, 0.15) is 34.7 Å². The average Bonchev–Trinajstić information content (AvgIpc) is 2.82. The number of piperidine rings is 1. The van der Waals surface area contributed by atoms with Crippen molar-refractivity contribution in [2.24, 2.45) is 0 Å². The molecule has 9 heteroatoms. The van der Waals surface area contributed by atoms with E-state index in [2.05, 4.69) is 4.98 Å². The molecule has 4 rings (SSSR count). The number of aromatic nitrogens is 1. The van der Waals surface area contributed by atoms with Gasteiger partial charge in [0.2, 0.25) is 0 Å². The van der Waals surface area contributed by atoms with Crippen molar-refractivity contribution in [2.45, 2.75) is 18.8 Å². The minimum atomic E-state index is -0.898. The molecule has 0 spiro atoms. The van der Waals surface area contributed by atoms with Gasteiger partial charge >= 0.3 is 0 Å². The highest BCUT2D eigenvalue weighted by Crippen LogP contribution is 2.35. The van der Waals surface area contributed by atoms with E-state index in [9.17, 15) is 18.0 Å². The van der Waals surface area contributed by atoms with E-state index in [0.717, 1.165) is 29.8 Å². The normalized spacial score (nSPS) is 14.2. The van der Waals surface area contributed by atoms with Crippen LogP contribution in [0.15, 0.2) is 48.7 Å². The first-order valence-electron chi connectivity index (χ1n) is 10.4. The van der Waals surface area contributed by atoms with Crippen LogP contribution in [0.4, 0.5) is 19.0 Å². The van der Waals surface area contributed by atoms with E-state index in [1.165, 1.54) is 17.0 Å². The molecule has 33 heavy (non-hydrogen) atoms. The van der Waals surface area contributed by atoms with Crippen molar-refractivity contribution in [3.8, 4) is 17.2 Å². The van der Waals surface area contributed by atoms with Gasteiger partial charge in [-0.15, -0.1) is 0 Å². The Morgan fingerprint density at radius 2 is 1.73 bits per heavy atom. The van der Waals surface area contributed by atoms with Crippen LogP contribution in [0.3, 0.4) is 0 Å². The number of hydrogen-bond donors (Lipinski definition) is 1. The molecule has 0 aliphatic carbocycles. The van der Waals surface area contributed by atoms with Crippen molar-refractivity contribution >= 4 is 11.7 Å². The molecule has 1 fully saturated rings. The minimum absolute atomic E-state index is 0.102. The lowest BCUT2D eigenvalue weighted by molar-refractivity contribution is 0.0707. The second-order valence-electron chi connectivity index (χ2n) is 7.74. The SMILES string of the molecule is COc1cc(N)ncc1C1CCN(C(=O)c2cc(F)c(Oc3ccc(F)cc3)cc2F)CC1. The number of likely N-dealkylation sites (tertiary alicyclic amines) is 1. The van der Waals surface area contributed by atoms with E-state index >= 15 is 0 Å². The smallest absolute Gasteiger partial charge is 0.256 e. The summed E-state index contributed by atoms with van der Waals surface area (Å²) in [4.78, 5) is 18.5. The lowest BCUT2D eigenvalue weighted by atomic mass is 9.89. The van der Waals surface area contributed by atoms with E-state index in [1.807, 2.05) is 0 Å². The summed E-state index contributed by atoms with van der Waals surface area (Å²) in [6.45, 7) is 0.734. The number of benzene rings is 2. The zero-order valence-corrected chi connectivity index (χ0v) is 17.9. The molecular weight excluding hydrogens is 435 g/mol. The van der Waals surface area contributed by atoms with Gasteiger partial charge in [0.1, 0.15) is 29.0 Å². The molecule has 2 heterocycles. The predicted molar refractivity (Wildman–Crippen MR) is 116 cm³/mol. The first-order valence-corrected chi connectivity index (χ1v) is 10.4. The standard InChI is InChI=1S/C24H22F3N3O3/c1-32-21-12-23(28)29-13-18(21)14-6-8-30(9-7-14)24(31)17-10-20(27)22(11-19(17)26)33-16-4-2-15(25)3-5-16/h2-5,10-14H,6-9H2,1H3,(H2,28,29). The van der Waals surface area contributed by atoms with E-state index < -0.39 is 29.1 Å². The van der Waals surface area contributed by atoms with Gasteiger partial charge in [-0.25, -0.2) is 18.2 Å². The van der Waals surface area contributed by atoms with Crippen molar-refractivity contribution in [1.82, 2.24) is 9.88 Å². The molecule has 0 unspecified atom stereocenters. The lowest BCUT2D eigenvalue weighted by Gasteiger charge is -2.32. The predicted octanol–water partition coefficient (Wildman–Crippen LogP) is 4.90. The molecule has 1 aliphatic rings. The first-order chi connectivity index (χ1) is 15.9. The van der Waals surface area contributed by atoms with E-state index in [0.29, 0.717) is 37.5 Å². The molecule has 0 bridgehead atoms. The fourth-order valence-electron chi connectivity index (χ4n) is 3.91. The van der Waals surface area contributed by atoms with Crippen molar-refractivity contribution in [2.75, 3.05) is 25.9 Å². The van der Waals surface area contributed by atoms with Gasteiger partial charge in [0.25, 0.3) is 5.91 Å². The van der Waals surface area contributed by atoms with Gasteiger partial charge < -0.3 is 20.1 Å². The second-order valence-corrected chi connectivity index (χ2v) is 7.74. The van der Waals surface area contributed by atoms with Crippen LogP contribution in [-0.4, -0.2) is 36.0 Å². The Morgan fingerprint density at radius 1 is 1.03 bits per heavy atom. The molecular formula is C24H22F3N3O3. The maximum absolute atomic E-state index is 14.7. The van der Waals surface area contributed by atoms with Gasteiger partial charge in [-0.2, -0.15) is 0 Å². The molecule has 172 valence electrons. The molecule has 0 atom stereocenters. The summed E-state index contributed by atoms with van der Waals surface area (Å²) in [5.41, 5.74) is 6.24. The highest BCUT2D eigenvalue weighted by molar-refractivity contribution is 5.94. The number of anilines is 1. The molecule has 0 saturated carbocycles. The minimum Gasteiger partial charge on any atom is -0.496 e. The van der Waals surface area contributed by atoms with Crippen LogP contribution < -0.4 is 15.2 Å². The molecule has 1 aromatic heterocycles. The third kappa shape index (κ3) is 4.87. The number of pyridine rings is 1. The molecule has 1 amide bonds. The molecule has 2 N–H and O–H groups in total. The number of rotatable bonds is 5. The number of carbonyl (C=O) groups excluding carboxylic acids is 1. The highest BCUT2D eigenvalue weighted by Gasteiger charge is 2.28. The molecule has 1 saturated heterocycles. The topological polar surface area (TPSA) is 77.7 Å². The quantitative estimate of drug-likeness (QED) is 0.590. The summed E-state index contributed by atoms with van der Waals surface area (Å²) in [5, 5.41) is 0. The van der Waals surface area contributed by atoms with Gasteiger partial charge in [-0.3, -0.25) is 4.79 Å². The Bertz CT molecular complexity index is 1160. The van der Waals surface area contributed by atoms with E-state index in [1.54, 1.807) is 19.4 Å². The Hall–Kier alpha value is -3.75. The lowest BCUT2D eigenvalue weighted by Crippen LogP contribution is -2.38. The van der Waals surface area contributed by atoms with Crippen molar-refractivity contribution < 1.29 is 27.4 Å². The van der Waals surface area contributed by atoms with Crippen LogP contribution in [0, 0.1) is 17.5 Å². The maximum atomic E-state index is 14.7. The Balaban J connectivity index is 1.45. The number of hydrogen-bond acceptors (Lipinski definition) is 5. The molecule has 1 aliphatic heterocycles. The van der Waals surface area contributed by atoms with E-state index in [-0.39, 0.29) is 17.2 Å². The van der Waals surface area contributed by atoms with Crippen LogP contribution >= 0.6 is 0 Å². The number of nitrogen functional groups attached to an aromatic ring is 1. The van der Waals surface area contributed by atoms with Crippen LogP contribution in [0.2, 0.25) is 0 Å². The monoisotopic (exact) mass is 457 g/mol. The van der Waals surface area contributed by atoms with E-state index in [4.69, 9.17) is 15.2 Å². The summed E-state index contributed by atoms with van der Waals surface area (Å²) in [6.07, 6.45) is 2.90. The van der Waals surface area contributed by atoms with Gasteiger partial charge in [0, 0.05) is 37.0 Å². The Morgan fingerprint density at radius 3 is 2.39 bits per heavy atom. The number of ether oxygens (including phenoxy) is 2. The Labute approximate surface area is 188 Å². The van der Waals surface area contributed by atoms with Gasteiger partial charge in [0.15, 0.2) is 11.6 Å². The number of amides is 1. The fourth-order valence-corrected chi connectivity index (χ4v) is 3.91. The first kappa shape index (κ1) is 22.4. The number of nitrogens with zero attached hydrogens (tertiary/aromatic N) is 2. The number of carbonyl (C=O) groups is 1. The molecule has 0 radical (unpaired) electrons. The van der Waals surface area contributed by atoms with Gasteiger partial charge in [-0.1, -0.05) is 0 Å². The van der Waals surface area contributed by atoms with Crippen molar-refractivity contribution in [1.29, 1.82) is 0 Å². The molecule has 2 aromatic carbocycles. The zero-order chi connectivity index (χ0) is 23.5. The maximum Gasteiger partial charge on any atom is 0.256 e. The third-order valence-corrected chi connectivity index (χ3v) is 5.65.